The van der Waals surface area contributed by atoms with Gasteiger partial charge in [0.25, 0.3) is 6.43 Å². The normalized spacial score (nSPS) is 23.2. The second-order valence-electron chi connectivity index (χ2n) is 3.15. The van der Waals surface area contributed by atoms with Gasteiger partial charge >= 0.3 is 0 Å². The van der Waals surface area contributed by atoms with Crippen LogP contribution in [0.1, 0.15) is 25.7 Å². The van der Waals surface area contributed by atoms with E-state index in [1.807, 2.05) is 0 Å². The topological polar surface area (TPSA) is 17.1 Å². The van der Waals surface area contributed by atoms with Gasteiger partial charge in [-0.05, 0) is 18.8 Å². The standard InChI is InChI=1S/C8H11F3O/c9-7(8(10)11)5-1-3-6(12)4-2-5/h5,7-8H,1-4H2. The lowest BCUT2D eigenvalue weighted by Crippen LogP contribution is -2.27. The molecule has 1 unspecified atom stereocenters. The van der Waals surface area contributed by atoms with Crippen molar-refractivity contribution in [1.29, 1.82) is 0 Å². The molecule has 0 aromatic carbocycles. The summed E-state index contributed by atoms with van der Waals surface area (Å²) in [5.74, 6) is -0.546. The average Bonchev–Trinajstić information content (AvgIpc) is 2.04. The van der Waals surface area contributed by atoms with E-state index in [1.165, 1.54) is 0 Å². The molecule has 0 aromatic heterocycles. The number of halogens is 3. The molecule has 0 spiro atoms. The molecule has 0 radical (unpaired) electrons. The summed E-state index contributed by atoms with van der Waals surface area (Å²) in [7, 11) is 0. The molecule has 0 N–H and O–H groups in total. The zero-order chi connectivity index (χ0) is 9.14. The molecule has 1 aliphatic carbocycles. The third-order valence-electron chi connectivity index (χ3n) is 2.28. The number of carbonyl (C=O) groups excluding carboxylic acids is 1. The summed E-state index contributed by atoms with van der Waals surface area (Å²) in [6.07, 6.45) is -3.86. The number of hydrogen-bond acceptors (Lipinski definition) is 1. The van der Waals surface area contributed by atoms with Gasteiger partial charge in [-0.3, -0.25) is 4.79 Å². The summed E-state index contributed by atoms with van der Waals surface area (Å²) >= 11 is 0. The van der Waals surface area contributed by atoms with Crippen LogP contribution in [0.3, 0.4) is 0 Å². The van der Waals surface area contributed by atoms with Crippen molar-refractivity contribution in [3.05, 3.63) is 0 Å². The van der Waals surface area contributed by atoms with Gasteiger partial charge in [-0.1, -0.05) is 0 Å². The molecule has 1 atom stereocenters. The fourth-order valence-electron chi connectivity index (χ4n) is 1.49. The van der Waals surface area contributed by atoms with E-state index < -0.39 is 18.5 Å². The molecule has 0 saturated heterocycles. The minimum absolute atomic E-state index is 0.0627. The van der Waals surface area contributed by atoms with Crippen LogP contribution in [0.4, 0.5) is 13.2 Å². The molecule has 1 nitrogen and oxygen atoms in total. The van der Waals surface area contributed by atoms with Gasteiger partial charge in [0.1, 0.15) is 5.78 Å². The zero-order valence-corrected chi connectivity index (χ0v) is 6.60. The largest absolute Gasteiger partial charge is 0.300 e. The van der Waals surface area contributed by atoms with E-state index in [0.29, 0.717) is 0 Å². The van der Waals surface area contributed by atoms with Crippen molar-refractivity contribution in [2.45, 2.75) is 38.3 Å². The fourth-order valence-corrected chi connectivity index (χ4v) is 1.49. The SMILES string of the molecule is O=C1CCC(C(F)C(F)F)CC1. The summed E-state index contributed by atoms with van der Waals surface area (Å²) in [6, 6.07) is 0. The van der Waals surface area contributed by atoms with Crippen LogP contribution in [0.2, 0.25) is 0 Å². The van der Waals surface area contributed by atoms with Crippen molar-refractivity contribution in [2.75, 3.05) is 0 Å². The summed E-state index contributed by atoms with van der Waals surface area (Å²) in [5, 5.41) is 0. The third kappa shape index (κ3) is 2.22. The maximum absolute atomic E-state index is 12.7. The van der Waals surface area contributed by atoms with Crippen molar-refractivity contribution in [2.24, 2.45) is 5.92 Å². The van der Waals surface area contributed by atoms with E-state index in [1.54, 1.807) is 0 Å². The number of rotatable bonds is 2. The zero-order valence-electron chi connectivity index (χ0n) is 6.60. The first kappa shape index (κ1) is 9.55. The predicted octanol–water partition coefficient (Wildman–Crippen LogP) is 2.35. The molecule has 1 fully saturated rings. The van der Waals surface area contributed by atoms with Crippen LogP contribution >= 0.6 is 0 Å². The maximum Gasteiger partial charge on any atom is 0.269 e. The van der Waals surface area contributed by atoms with Crippen LogP contribution in [0.5, 0.6) is 0 Å². The number of hydrogen-bond donors (Lipinski definition) is 0. The Kier molecular flexibility index (Phi) is 3.12. The average molecular weight is 180 g/mol. The first-order valence-electron chi connectivity index (χ1n) is 4.05. The Hall–Kier alpha value is -0.540. The van der Waals surface area contributed by atoms with Gasteiger partial charge in [0, 0.05) is 12.8 Å². The second-order valence-corrected chi connectivity index (χ2v) is 3.15. The first-order chi connectivity index (χ1) is 5.61. The number of carbonyl (C=O) groups is 1. The van der Waals surface area contributed by atoms with Gasteiger partial charge < -0.3 is 0 Å². The minimum atomic E-state index is -2.90. The molecule has 0 aliphatic heterocycles. The van der Waals surface area contributed by atoms with Crippen LogP contribution in [-0.4, -0.2) is 18.4 Å². The smallest absolute Gasteiger partial charge is 0.269 e. The Morgan fingerprint density at radius 3 is 2.08 bits per heavy atom. The highest BCUT2D eigenvalue weighted by atomic mass is 19.3. The number of ketones is 1. The lowest BCUT2D eigenvalue weighted by atomic mass is 9.85. The van der Waals surface area contributed by atoms with Crippen LogP contribution in [0.25, 0.3) is 0 Å². The fraction of sp³-hybridized carbons (Fsp3) is 0.875. The van der Waals surface area contributed by atoms with Crippen molar-refractivity contribution < 1.29 is 18.0 Å². The molecule has 4 heteroatoms. The molecule has 12 heavy (non-hydrogen) atoms. The van der Waals surface area contributed by atoms with E-state index in [2.05, 4.69) is 0 Å². The van der Waals surface area contributed by atoms with Crippen LogP contribution in [-0.2, 0) is 4.79 Å². The third-order valence-corrected chi connectivity index (χ3v) is 2.28. The van der Waals surface area contributed by atoms with E-state index in [-0.39, 0.29) is 31.5 Å². The molecule has 1 saturated carbocycles. The van der Waals surface area contributed by atoms with Crippen LogP contribution in [0, 0.1) is 5.92 Å². The highest BCUT2D eigenvalue weighted by Gasteiger charge is 2.32. The Morgan fingerprint density at radius 2 is 1.67 bits per heavy atom. The highest BCUT2D eigenvalue weighted by Crippen LogP contribution is 2.29. The Labute approximate surface area is 68.9 Å². The van der Waals surface area contributed by atoms with Gasteiger partial charge in [-0.15, -0.1) is 0 Å². The van der Waals surface area contributed by atoms with Gasteiger partial charge in [-0.2, -0.15) is 0 Å². The Balaban J connectivity index is 2.38. The summed E-state index contributed by atoms with van der Waals surface area (Å²) in [4.78, 5) is 10.7. The van der Waals surface area contributed by atoms with Crippen molar-refractivity contribution in [3.63, 3.8) is 0 Å². The summed E-state index contributed by atoms with van der Waals surface area (Å²) < 4.78 is 36.4. The number of alkyl halides is 3. The van der Waals surface area contributed by atoms with E-state index >= 15 is 0 Å². The lowest BCUT2D eigenvalue weighted by molar-refractivity contribution is -0.122. The molecule has 0 aromatic rings. The van der Waals surface area contributed by atoms with Crippen LogP contribution in [0.15, 0.2) is 0 Å². The molecule has 70 valence electrons. The van der Waals surface area contributed by atoms with E-state index in [9.17, 15) is 18.0 Å². The first-order valence-corrected chi connectivity index (χ1v) is 4.05. The molecular formula is C8H11F3O. The molecule has 0 amide bonds. The van der Waals surface area contributed by atoms with Gasteiger partial charge in [0.05, 0.1) is 0 Å². The van der Waals surface area contributed by atoms with Crippen molar-refractivity contribution in [3.8, 4) is 0 Å². The van der Waals surface area contributed by atoms with Gasteiger partial charge in [-0.25, -0.2) is 13.2 Å². The molecule has 1 aliphatic rings. The van der Waals surface area contributed by atoms with Gasteiger partial charge in [0.15, 0.2) is 6.17 Å². The summed E-state index contributed by atoms with van der Waals surface area (Å²) in [6.45, 7) is 0. The molecule has 0 bridgehead atoms. The lowest BCUT2D eigenvalue weighted by Gasteiger charge is -2.23. The van der Waals surface area contributed by atoms with Gasteiger partial charge in [0.2, 0.25) is 0 Å². The highest BCUT2D eigenvalue weighted by molar-refractivity contribution is 5.79. The second kappa shape index (κ2) is 3.92. The van der Waals surface area contributed by atoms with E-state index in [0.717, 1.165) is 0 Å². The molecule has 0 heterocycles. The molecular weight excluding hydrogens is 169 g/mol. The monoisotopic (exact) mass is 180 g/mol. The Bertz CT molecular complexity index is 160. The Morgan fingerprint density at radius 1 is 1.17 bits per heavy atom. The van der Waals surface area contributed by atoms with Crippen molar-refractivity contribution in [1.82, 2.24) is 0 Å². The van der Waals surface area contributed by atoms with Crippen molar-refractivity contribution >= 4 is 5.78 Å². The maximum atomic E-state index is 12.7. The van der Waals surface area contributed by atoms with Crippen LogP contribution < -0.4 is 0 Å². The van der Waals surface area contributed by atoms with E-state index in [4.69, 9.17) is 0 Å². The molecule has 1 rings (SSSR count). The summed E-state index contributed by atoms with van der Waals surface area (Å²) in [5.41, 5.74) is 0. The predicted molar refractivity (Wildman–Crippen MR) is 37.9 cm³/mol. The quantitative estimate of drug-likeness (QED) is 0.637. The number of Topliss-reactive ketones (excluding diaryl/α,β-unsaturated/α-hetero) is 1. The minimum Gasteiger partial charge on any atom is -0.300 e.